The molecule has 3 rings (SSSR count). The maximum atomic E-state index is 5.42. The van der Waals surface area contributed by atoms with Crippen LogP contribution in [0.2, 0.25) is 0 Å². The Kier molecular flexibility index (Phi) is 4.01. The minimum Gasteiger partial charge on any atom is -0.378 e. The smallest absolute Gasteiger partial charge is 0.222 e. The van der Waals surface area contributed by atoms with Gasteiger partial charge in [-0.05, 0) is 30.2 Å². The molecule has 1 saturated heterocycles. The molecule has 1 aromatic carbocycles. The highest BCUT2D eigenvalue weighted by Gasteiger charge is 2.13. The van der Waals surface area contributed by atoms with Crippen LogP contribution in [0.1, 0.15) is 5.56 Å². The number of nitrogens with one attached hydrogen (secondary N) is 1. The highest BCUT2D eigenvalue weighted by Crippen LogP contribution is 2.26. The SMILES string of the molecule is CNc1ncc(-c2cc(C)cc(N3CCOCC3)c2)cn1. The third-order valence-electron chi connectivity index (χ3n) is 3.65. The fourth-order valence-corrected chi connectivity index (χ4v) is 2.54. The molecule has 1 N–H and O–H groups in total. The summed E-state index contributed by atoms with van der Waals surface area (Å²) in [5.74, 6) is 0.639. The minimum absolute atomic E-state index is 0.639. The van der Waals surface area contributed by atoms with Gasteiger partial charge in [0.1, 0.15) is 0 Å². The van der Waals surface area contributed by atoms with Crippen LogP contribution in [0.25, 0.3) is 11.1 Å². The Morgan fingerprint density at radius 1 is 1.05 bits per heavy atom. The van der Waals surface area contributed by atoms with E-state index in [1.165, 1.54) is 11.3 Å². The predicted octanol–water partition coefficient (Wildman–Crippen LogP) is 2.33. The van der Waals surface area contributed by atoms with Crippen LogP contribution >= 0.6 is 0 Å². The van der Waals surface area contributed by atoms with Crippen molar-refractivity contribution < 1.29 is 4.74 Å². The van der Waals surface area contributed by atoms with Gasteiger partial charge >= 0.3 is 0 Å². The molecule has 0 unspecified atom stereocenters. The molecule has 1 aliphatic heterocycles. The molecule has 0 saturated carbocycles. The van der Waals surface area contributed by atoms with Crippen LogP contribution in [0.4, 0.5) is 11.6 Å². The van der Waals surface area contributed by atoms with Gasteiger partial charge in [0.2, 0.25) is 5.95 Å². The summed E-state index contributed by atoms with van der Waals surface area (Å²) in [6, 6.07) is 6.59. The zero-order valence-electron chi connectivity index (χ0n) is 12.5. The fourth-order valence-electron chi connectivity index (χ4n) is 2.54. The first-order valence-electron chi connectivity index (χ1n) is 7.21. The van der Waals surface area contributed by atoms with Gasteiger partial charge in [0.05, 0.1) is 13.2 Å². The molecule has 1 aromatic heterocycles. The van der Waals surface area contributed by atoms with Gasteiger partial charge in [-0.25, -0.2) is 9.97 Å². The molecule has 1 fully saturated rings. The highest BCUT2D eigenvalue weighted by molar-refractivity contribution is 5.69. The van der Waals surface area contributed by atoms with E-state index in [0.717, 1.165) is 37.4 Å². The summed E-state index contributed by atoms with van der Waals surface area (Å²) in [5, 5.41) is 2.94. The number of nitrogens with zero attached hydrogens (tertiary/aromatic N) is 3. The number of benzene rings is 1. The van der Waals surface area contributed by atoms with E-state index in [0.29, 0.717) is 5.95 Å². The van der Waals surface area contributed by atoms with Crippen LogP contribution in [0.3, 0.4) is 0 Å². The van der Waals surface area contributed by atoms with Gasteiger partial charge in [-0.3, -0.25) is 0 Å². The summed E-state index contributed by atoms with van der Waals surface area (Å²) in [7, 11) is 1.82. The van der Waals surface area contributed by atoms with E-state index < -0.39 is 0 Å². The molecule has 0 radical (unpaired) electrons. The summed E-state index contributed by atoms with van der Waals surface area (Å²) in [4.78, 5) is 10.9. The van der Waals surface area contributed by atoms with Crippen molar-refractivity contribution in [2.45, 2.75) is 6.92 Å². The maximum Gasteiger partial charge on any atom is 0.222 e. The lowest BCUT2D eigenvalue weighted by Gasteiger charge is -2.29. The average Bonchev–Trinajstić information content (AvgIpc) is 2.55. The van der Waals surface area contributed by atoms with Crippen LogP contribution < -0.4 is 10.2 Å². The van der Waals surface area contributed by atoms with Crippen LogP contribution in [0.15, 0.2) is 30.6 Å². The lowest BCUT2D eigenvalue weighted by Crippen LogP contribution is -2.36. The first-order valence-corrected chi connectivity index (χ1v) is 7.21. The zero-order chi connectivity index (χ0) is 14.7. The van der Waals surface area contributed by atoms with Crippen molar-refractivity contribution in [3.63, 3.8) is 0 Å². The van der Waals surface area contributed by atoms with Gasteiger partial charge in [0, 0.05) is 43.8 Å². The fraction of sp³-hybridized carbons (Fsp3) is 0.375. The molecule has 21 heavy (non-hydrogen) atoms. The summed E-state index contributed by atoms with van der Waals surface area (Å²) in [5.41, 5.74) is 4.67. The third-order valence-corrected chi connectivity index (χ3v) is 3.65. The zero-order valence-corrected chi connectivity index (χ0v) is 12.5. The number of morpholine rings is 1. The molecule has 2 aromatic rings. The molecular formula is C16H20N4O. The Morgan fingerprint density at radius 2 is 1.76 bits per heavy atom. The molecule has 5 heteroatoms. The van der Waals surface area contributed by atoms with E-state index in [9.17, 15) is 0 Å². The molecule has 2 heterocycles. The Hall–Kier alpha value is -2.14. The van der Waals surface area contributed by atoms with E-state index in [2.05, 4.69) is 45.3 Å². The van der Waals surface area contributed by atoms with E-state index in [-0.39, 0.29) is 0 Å². The lowest BCUT2D eigenvalue weighted by molar-refractivity contribution is 0.122. The minimum atomic E-state index is 0.639. The molecule has 110 valence electrons. The number of anilines is 2. The second-order valence-corrected chi connectivity index (χ2v) is 5.20. The molecule has 0 bridgehead atoms. The Bertz CT molecular complexity index is 606. The van der Waals surface area contributed by atoms with Gasteiger partial charge in [-0.15, -0.1) is 0 Å². The molecule has 0 atom stereocenters. The monoisotopic (exact) mass is 284 g/mol. The van der Waals surface area contributed by atoms with Gasteiger partial charge in [-0.2, -0.15) is 0 Å². The van der Waals surface area contributed by atoms with Crippen LogP contribution in [-0.4, -0.2) is 43.3 Å². The third kappa shape index (κ3) is 3.13. The van der Waals surface area contributed by atoms with Crippen LogP contribution in [0, 0.1) is 6.92 Å². The van der Waals surface area contributed by atoms with Crippen molar-refractivity contribution in [3.8, 4) is 11.1 Å². The number of aryl methyl sites for hydroxylation is 1. The van der Waals surface area contributed by atoms with Crippen molar-refractivity contribution in [3.05, 3.63) is 36.2 Å². The van der Waals surface area contributed by atoms with Gasteiger partial charge in [0.25, 0.3) is 0 Å². The van der Waals surface area contributed by atoms with E-state index in [1.54, 1.807) is 0 Å². The largest absolute Gasteiger partial charge is 0.378 e. The Balaban J connectivity index is 1.92. The number of aromatic nitrogens is 2. The Morgan fingerprint density at radius 3 is 2.43 bits per heavy atom. The lowest BCUT2D eigenvalue weighted by atomic mass is 10.0. The second-order valence-electron chi connectivity index (χ2n) is 5.20. The molecule has 5 nitrogen and oxygen atoms in total. The normalized spacial score (nSPS) is 15.0. The van der Waals surface area contributed by atoms with E-state index in [4.69, 9.17) is 4.74 Å². The molecule has 1 aliphatic rings. The summed E-state index contributed by atoms with van der Waals surface area (Å²) in [6.07, 6.45) is 3.72. The van der Waals surface area contributed by atoms with Gasteiger partial charge in [-0.1, -0.05) is 6.07 Å². The average molecular weight is 284 g/mol. The summed E-state index contributed by atoms with van der Waals surface area (Å²) >= 11 is 0. The maximum absolute atomic E-state index is 5.42. The first-order chi connectivity index (χ1) is 10.3. The summed E-state index contributed by atoms with van der Waals surface area (Å²) < 4.78 is 5.42. The molecule has 0 aliphatic carbocycles. The number of rotatable bonds is 3. The van der Waals surface area contributed by atoms with Crippen LogP contribution in [-0.2, 0) is 4.74 Å². The number of ether oxygens (including phenoxy) is 1. The van der Waals surface area contributed by atoms with Crippen LogP contribution in [0.5, 0.6) is 0 Å². The summed E-state index contributed by atoms with van der Waals surface area (Å²) in [6.45, 7) is 5.60. The highest BCUT2D eigenvalue weighted by atomic mass is 16.5. The molecule has 0 amide bonds. The standard InChI is InChI=1S/C16H20N4O/c1-12-7-13(14-10-18-16(17-2)19-11-14)9-15(8-12)20-3-5-21-6-4-20/h7-11H,3-6H2,1-2H3,(H,17,18,19). The number of hydrogen-bond acceptors (Lipinski definition) is 5. The van der Waals surface area contributed by atoms with Crippen molar-refractivity contribution in [1.29, 1.82) is 0 Å². The van der Waals surface area contributed by atoms with Crippen molar-refractivity contribution in [1.82, 2.24) is 9.97 Å². The first kappa shape index (κ1) is 13.8. The van der Waals surface area contributed by atoms with Gasteiger partial charge < -0.3 is 15.0 Å². The topological polar surface area (TPSA) is 50.3 Å². The second kappa shape index (κ2) is 6.10. The quantitative estimate of drug-likeness (QED) is 0.937. The van der Waals surface area contributed by atoms with Crippen molar-refractivity contribution in [2.24, 2.45) is 0 Å². The number of hydrogen-bond donors (Lipinski definition) is 1. The van der Waals surface area contributed by atoms with Crippen molar-refractivity contribution in [2.75, 3.05) is 43.6 Å². The van der Waals surface area contributed by atoms with Crippen molar-refractivity contribution >= 4 is 11.6 Å². The molecule has 0 spiro atoms. The van der Waals surface area contributed by atoms with Gasteiger partial charge in [0.15, 0.2) is 0 Å². The molecular weight excluding hydrogens is 264 g/mol. The van der Waals surface area contributed by atoms with E-state index in [1.807, 2.05) is 19.4 Å². The predicted molar refractivity (Wildman–Crippen MR) is 84.8 cm³/mol. The Labute approximate surface area is 125 Å². The van der Waals surface area contributed by atoms with E-state index >= 15 is 0 Å².